The van der Waals surface area contributed by atoms with E-state index in [2.05, 4.69) is 35.0 Å². The zero-order valence-electron chi connectivity index (χ0n) is 17.6. The van der Waals surface area contributed by atoms with Crippen molar-refractivity contribution in [1.29, 1.82) is 0 Å². The Labute approximate surface area is 181 Å². The maximum absolute atomic E-state index is 13.1. The van der Waals surface area contributed by atoms with Crippen molar-refractivity contribution >= 4 is 11.0 Å². The fraction of sp³-hybridized carbons (Fsp3) is 0.269. The molecule has 0 spiro atoms. The number of fused-ring (bicyclic) bond motifs is 1. The van der Waals surface area contributed by atoms with Gasteiger partial charge in [0, 0.05) is 17.6 Å². The molecule has 4 nitrogen and oxygen atoms in total. The Bertz CT molecular complexity index is 1160. The Morgan fingerprint density at radius 2 is 1.68 bits per heavy atom. The van der Waals surface area contributed by atoms with Crippen LogP contribution in [0.5, 0.6) is 11.5 Å². The van der Waals surface area contributed by atoms with E-state index in [4.69, 9.17) is 9.72 Å². The Morgan fingerprint density at radius 3 is 2.39 bits per heavy atom. The van der Waals surface area contributed by atoms with Gasteiger partial charge in [0.05, 0.1) is 11.0 Å². The predicted octanol–water partition coefficient (Wildman–Crippen LogP) is 6.34. The lowest BCUT2D eigenvalue weighted by Gasteiger charge is -2.31. The molecule has 158 valence electrons. The van der Waals surface area contributed by atoms with Crippen LogP contribution in [0.15, 0.2) is 72.8 Å². The third-order valence-electron chi connectivity index (χ3n) is 6.10. The molecule has 0 aliphatic carbocycles. The van der Waals surface area contributed by atoms with Crippen molar-refractivity contribution in [1.82, 2.24) is 14.9 Å². The van der Waals surface area contributed by atoms with Crippen molar-refractivity contribution < 1.29 is 9.13 Å². The average Bonchev–Trinajstić information content (AvgIpc) is 3.21. The Balaban J connectivity index is 1.48. The van der Waals surface area contributed by atoms with Gasteiger partial charge in [-0.05, 0) is 87.0 Å². The van der Waals surface area contributed by atoms with Crippen molar-refractivity contribution in [2.45, 2.75) is 38.3 Å². The van der Waals surface area contributed by atoms with E-state index in [0.717, 1.165) is 29.0 Å². The van der Waals surface area contributed by atoms with E-state index in [-0.39, 0.29) is 11.9 Å². The molecule has 1 aliphatic rings. The molecule has 3 aromatic carbocycles. The molecule has 0 bridgehead atoms. The van der Waals surface area contributed by atoms with Gasteiger partial charge in [-0.2, -0.15) is 0 Å². The molecular formula is C26H26FN3O. The van der Waals surface area contributed by atoms with Gasteiger partial charge >= 0.3 is 0 Å². The zero-order valence-corrected chi connectivity index (χ0v) is 17.6. The number of rotatable bonds is 5. The van der Waals surface area contributed by atoms with Gasteiger partial charge < -0.3 is 14.6 Å². The fourth-order valence-corrected chi connectivity index (χ4v) is 4.44. The lowest BCUT2D eigenvalue weighted by Crippen LogP contribution is -2.40. The van der Waals surface area contributed by atoms with Gasteiger partial charge in [0.15, 0.2) is 0 Å². The molecule has 0 radical (unpaired) electrons. The summed E-state index contributed by atoms with van der Waals surface area (Å²) >= 11 is 0. The second-order valence-corrected chi connectivity index (χ2v) is 8.17. The summed E-state index contributed by atoms with van der Waals surface area (Å²) in [6.45, 7) is 3.36. The minimum Gasteiger partial charge on any atom is -0.457 e. The van der Waals surface area contributed by atoms with Crippen LogP contribution in [0, 0.1) is 5.82 Å². The van der Waals surface area contributed by atoms with Crippen LogP contribution >= 0.6 is 0 Å². The summed E-state index contributed by atoms with van der Waals surface area (Å²) in [5.41, 5.74) is 3.21. The lowest BCUT2D eigenvalue weighted by atomic mass is 9.98. The molecule has 5 rings (SSSR count). The van der Waals surface area contributed by atoms with Gasteiger partial charge in [0.25, 0.3) is 0 Å². The zero-order chi connectivity index (χ0) is 21.2. The van der Waals surface area contributed by atoms with Crippen LogP contribution in [0.1, 0.15) is 32.2 Å². The van der Waals surface area contributed by atoms with Crippen molar-refractivity contribution in [2.24, 2.45) is 0 Å². The van der Waals surface area contributed by atoms with Crippen LogP contribution in [0.25, 0.3) is 22.4 Å². The van der Waals surface area contributed by atoms with Gasteiger partial charge in [0.2, 0.25) is 0 Å². The fourth-order valence-electron chi connectivity index (χ4n) is 4.44. The SMILES string of the molecule is CC(C1CCCCN1)n1c(-c2ccc(Oc3ccc(F)cc3)cc2)nc2ccccc21. The number of imidazole rings is 1. The summed E-state index contributed by atoms with van der Waals surface area (Å²) in [5, 5.41) is 3.70. The summed E-state index contributed by atoms with van der Waals surface area (Å²) in [6.07, 6.45) is 3.69. The van der Waals surface area contributed by atoms with E-state index in [1.807, 2.05) is 30.3 Å². The van der Waals surface area contributed by atoms with Crippen LogP contribution in [-0.2, 0) is 0 Å². The maximum atomic E-state index is 13.1. The average molecular weight is 416 g/mol. The molecule has 1 fully saturated rings. The van der Waals surface area contributed by atoms with Crippen molar-refractivity contribution in [3.05, 3.63) is 78.6 Å². The number of halogens is 1. The minimum atomic E-state index is -0.275. The van der Waals surface area contributed by atoms with E-state index >= 15 is 0 Å². The quantitative estimate of drug-likeness (QED) is 0.413. The lowest BCUT2D eigenvalue weighted by molar-refractivity contribution is 0.314. The molecule has 1 saturated heterocycles. The van der Waals surface area contributed by atoms with Crippen molar-refractivity contribution in [3.8, 4) is 22.9 Å². The number of benzene rings is 3. The molecule has 4 aromatic rings. The highest BCUT2D eigenvalue weighted by Crippen LogP contribution is 2.33. The van der Waals surface area contributed by atoms with E-state index in [1.165, 1.54) is 31.4 Å². The highest BCUT2D eigenvalue weighted by Gasteiger charge is 2.25. The first kappa shape index (κ1) is 19.8. The third kappa shape index (κ3) is 4.06. The second-order valence-electron chi connectivity index (χ2n) is 8.17. The topological polar surface area (TPSA) is 39.1 Å². The number of hydrogen-bond acceptors (Lipinski definition) is 3. The molecule has 1 N–H and O–H groups in total. The first-order chi connectivity index (χ1) is 15.2. The smallest absolute Gasteiger partial charge is 0.141 e. The molecular weight excluding hydrogens is 389 g/mol. The molecule has 2 unspecified atom stereocenters. The van der Waals surface area contributed by atoms with Gasteiger partial charge in [-0.1, -0.05) is 18.6 Å². The molecule has 2 heterocycles. The predicted molar refractivity (Wildman–Crippen MR) is 122 cm³/mol. The van der Waals surface area contributed by atoms with Gasteiger partial charge in [-0.25, -0.2) is 9.37 Å². The number of ether oxygens (including phenoxy) is 1. The third-order valence-corrected chi connectivity index (χ3v) is 6.10. The van der Waals surface area contributed by atoms with Crippen LogP contribution < -0.4 is 10.1 Å². The normalized spacial score (nSPS) is 17.5. The van der Waals surface area contributed by atoms with Gasteiger partial charge in [-0.3, -0.25) is 0 Å². The Morgan fingerprint density at radius 1 is 0.968 bits per heavy atom. The molecule has 5 heteroatoms. The van der Waals surface area contributed by atoms with Gasteiger partial charge in [-0.15, -0.1) is 0 Å². The summed E-state index contributed by atoms with van der Waals surface area (Å²) in [7, 11) is 0. The minimum absolute atomic E-state index is 0.275. The second kappa shape index (κ2) is 8.52. The van der Waals surface area contributed by atoms with Crippen molar-refractivity contribution in [3.63, 3.8) is 0 Å². The molecule has 2 atom stereocenters. The number of piperidine rings is 1. The first-order valence-corrected chi connectivity index (χ1v) is 10.9. The number of para-hydroxylation sites is 2. The van der Waals surface area contributed by atoms with E-state index in [1.54, 1.807) is 12.1 Å². The Kier molecular flexibility index (Phi) is 5.43. The summed E-state index contributed by atoms with van der Waals surface area (Å²) in [5.74, 6) is 2.01. The highest BCUT2D eigenvalue weighted by molar-refractivity contribution is 5.81. The Hall–Kier alpha value is -3.18. The first-order valence-electron chi connectivity index (χ1n) is 10.9. The number of aromatic nitrogens is 2. The molecule has 1 aromatic heterocycles. The largest absolute Gasteiger partial charge is 0.457 e. The van der Waals surface area contributed by atoms with Crippen LogP contribution in [0.3, 0.4) is 0 Å². The summed E-state index contributed by atoms with van der Waals surface area (Å²) in [4.78, 5) is 4.97. The van der Waals surface area contributed by atoms with Gasteiger partial charge in [0.1, 0.15) is 23.1 Å². The van der Waals surface area contributed by atoms with E-state index in [0.29, 0.717) is 17.5 Å². The maximum Gasteiger partial charge on any atom is 0.141 e. The molecule has 31 heavy (non-hydrogen) atoms. The van der Waals surface area contributed by atoms with E-state index < -0.39 is 0 Å². The standard InChI is InChI=1S/C26H26FN3O/c1-18(23-6-4-5-17-28-23)30-25-8-3-2-7-24(25)29-26(30)19-9-13-21(14-10-19)31-22-15-11-20(27)12-16-22/h2-3,7-16,18,23,28H,4-6,17H2,1H3. The summed E-state index contributed by atoms with van der Waals surface area (Å²) in [6, 6.07) is 23.1. The van der Waals surface area contributed by atoms with E-state index in [9.17, 15) is 4.39 Å². The monoisotopic (exact) mass is 415 g/mol. The molecule has 0 saturated carbocycles. The van der Waals surface area contributed by atoms with Crippen LogP contribution in [0.2, 0.25) is 0 Å². The number of nitrogens with zero attached hydrogens (tertiary/aromatic N) is 2. The summed E-state index contributed by atoms with van der Waals surface area (Å²) < 4.78 is 21.3. The molecule has 1 aliphatic heterocycles. The number of hydrogen-bond donors (Lipinski definition) is 1. The van der Waals surface area contributed by atoms with Crippen molar-refractivity contribution in [2.75, 3.05) is 6.54 Å². The van der Waals surface area contributed by atoms with Crippen LogP contribution in [0.4, 0.5) is 4.39 Å². The number of nitrogens with one attached hydrogen (secondary N) is 1. The highest BCUT2D eigenvalue weighted by atomic mass is 19.1. The molecule has 0 amide bonds. The van der Waals surface area contributed by atoms with Crippen LogP contribution in [-0.4, -0.2) is 22.1 Å².